The summed E-state index contributed by atoms with van der Waals surface area (Å²) in [4.78, 5) is 11.6. The Morgan fingerprint density at radius 2 is 1.89 bits per heavy atom. The second kappa shape index (κ2) is 6.39. The van der Waals surface area contributed by atoms with Crippen LogP contribution in [-0.4, -0.2) is 26.0 Å². The van der Waals surface area contributed by atoms with Gasteiger partial charge in [-0.25, -0.2) is 13.2 Å². The predicted molar refractivity (Wildman–Crippen MR) is 61.7 cm³/mol. The van der Waals surface area contributed by atoms with Crippen molar-refractivity contribution < 1.29 is 18.0 Å². The van der Waals surface area contributed by atoms with E-state index in [1.807, 2.05) is 6.92 Å². The van der Waals surface area contributed by atoms with Crippen LogP contribution in [0.1, 0.15) is 17.3 Å². The maximum atomic E-state index is 13.3. The summed E-state index contributed by atoms with van der Waals surface area (Å²) in [6, 6.07) is 1.65. The predicted octanol–water partition coefficient (Wildman–Crippen LogP) is 1.69. The number of hydrogen-bond donors (Lipinski definition) is 2. The largest absolute Gasteiger partial charge is 0.352 e. The van der Waals surface area contributed by atoms with Gasteiger partial charge in [0.25, 0.3) is 5.91 Å². The lowest BCUT2D eigenvalue weighted by Gasteiger charge is -2.12. The summed E-state index contributed by atoms with van der Waals surface area (Å²) in [6.07, 6.45) is 0. The lowest BCUT2D eigenvalue weighted by Crippen LogP contribution is -2.32. The van der Waals surface area contributed by atoms with Gasteiger partial charge in [0.1, 0.15) is 0 Å². The minimum atomic E-state index is -1.63. The minimum Gasteiger partial charge on any atom is -0.352 e. The summed E-state index contributed by atoms with van der Waals surface area (Å²) < 4.78 is 38.9. The first-order chi connectivity index (χ1) is 8.47. The van der Waals surface area contributed by atoms with Gasteiger partial charge < -0.3 is 10.6 Å². The van der Waals surface area contributed by atoms with Crippen molar-refractivity contribution in [2.24, 2.45) is 5.92 Å². The summed E-state index contributed by atoms with van der Waals surface area (Å²) in [5.74, 6) is -5.02. The molecule has 0 spiro atoms. The van der Waals surface area contributed by atoms with Crippen molar-refractivity contribution >= 4 is 5.91 Å². The summed E-state index contributed by atoms with van der Waals surface area (Å²) in [5, 5.41) is 5.39. The maximum Gasteiger partial charge on any atom is 0.254 e. The number of carbonyl (C=O) groups is 1. The molecule has 1 aromatic carbocycles. The fourth-order valence-corrected chi connectivity index (χ4v) is 1.48. The van der Waals surface area contributed by atoms with Gasteiger partial charge in [0.15, 0.2) is 17.5 Å². The number of carbonyl (C=O) groups excluding carboxylic acids is 1. The van der Waals surface area contributed by atoms with Crippen molar-refractivity contribution in [3.63, 3.8) is 0 Å². The highest BCUT2D eigenvalue weighted by atomic mass is 19.2. The van der Waals surface area contributed by atoms with E-state index < -0.39 is 28.9 Å². The Morgan fingerprint density at radius 1 is 1.22 bits per heavy atom. The third-order valence-corrected chi connectivity index (χ3v) is 2.44. The molecular formula is C12H15F3N2O. The third kappa shape index (κ3) is 3.46. The van der Waals surface area contributed by atoms with Crippen molar-refractivity contribution in [1.29, 1.82) is 0 Å². The molecule has 0 aromatic heterocycles. The molecule has 0 aliphatic rings. The van der Waals surface area contributed by atoms with Crippen LogP contribution >= 0.6 is 0 Å². The molecule has 0 radical (unpaired) electrons. The van der Waals surface area contributed by atoms with Crippen LogP contribution in [0.4, 0.5) is 13.2 Å². The average molecular weight is 260 g/mol. The molecule has 1 unspecified atom stereocenters. The molecule has 1 aromatic rings. The Bertz CT molecular complexity index is 438. The van der Waals surface area contributed by atoms with E-state index in [2.05, 4.69) is 10.6 Å². The highest BCUT2D eigenvalue weighted by molar-refractivity contribution is 5.94. The molecule has 100 valence electrons. The molecule has 0 heterocycles. The van der Waals surface area contributed by atoms with Gasteiger partial charge in [-0.15, -0.1) is 0 Å². The molecule has 6 heteroatoms. The van der Waals surface area contributed by atoms with E-state index in [1.54, 1.807) is 7.05 Å². The number of hydrogen-bond acceptors (Lipinski definition) is 2. The molecule has 0 fully saturated rings. The smallest absolute Gasteiger partial charge is 0.254 e. The van der Waals surface area contributed by atoms with Gasteiger partial charge in [0.05, 0.1) is 5.56 Å². The highest BCUT2D eigenvalue weighted by Gasteiger charge is 2.18. The molecule has 0 aliphatic heterocycles. The first kappa shape index (κ1) is 14.5. The van der Waals surface area contributed by atoms with Crippen LogP contribution in [0, 0.1) is 23.4 Å². The number of halogens is 3. The Balaban J connectivity index is 2.71. The van der Waals surface area contributed by atoms with Crippen LogP contribution in [-0.2, 0) is 0 Å². The van der Waals surface area contributed by atoms with Gasteiger partial charge in [0, 0.05) is 6.54 Å². The summed E-state index contributed by atoms with van der Waals surface area (Å²) >= 11 is 0. The zero-order chi connectivity index (χ0) is 13.7. The Kier molecular flexibility index (Phi) is 5.15. The zero-order valence-electron chi connectivity index (χ0n) is 10.2. The molecule has 3 nitrogen and oxygen atoms in total. The SMILES string of the molecule is CNCC(C)CNC(=O)c1ccc(F)c(F)c1F. The van der Waals surface area contributed by atoms with E-state index >= 15 is 0 Å². The first-order valence-electron chi connectivity index (χ1n) is 5.53. The normalized spacial score (nSPS) is 12.3. The molecule has 2 N–H and O–H groups in total. The van der Waals surface area contributed by atoms with Crippen LogP contribution in [0.5, 0.6) is 0 Å². The van der Waals surface area contributed by atoms with Crippen molar-refractivity contribution in [1.82, 2.24) is 10.6 Å². The van der Waals surface area contributed by atoms with Crippen molar-refractivity contribution in [2.45, 2.75) is 6.92 Å². The molecule has 0 bridgehead atoms. The quantitative estimate of drug-likeness (QED) is 0.791. The Morgan fingerprint density at radius 3 is 2.50 bits per heavy atom. The molecule has 1 amide bonds. The number of benzene rings is 1. The van der Waals surface area contributed by atoms with E-state index in [1.165, 1.54) is 0 Å². The van der Waals surface area contributed by atoms with Gasteiger partial charge in [-0.1, -0.05) is 6.92 Å². The number of rotatable bonds is 5. The summed E-state index contributed by atoms with van der Waals surface area (Å²) in [6.45, 7) is 2.89. The van der Waals surface area contributed by atoms with Gasteiger partial charge in [0.2, 0.25) is 0 Å². The molecule has 0 saturated heterocycles. The first-order valence-corrected chi connectivity index (χ1v) is 5.53. The van der Waals surface area contributed by atoms with Crippen LogP contribution in [0.15, 0.2) is 12.1 Å². The van der Waals surface area contributed by atoms with Gasteiger partial charge in [-0.3, -0.25) is 4.79 Å². The second-order valence-corrected chi connectivity index (χ2v) is 4.10. The molecule has 1 rings (SSSR count). The fraction of sp³-hybridized carbons (Fsp3) is 0.417. The van der Waals surface area contributed by atoms with E-state index in [4.69, 9.17) is 0 Å². The van der Waals surface area contributed by atoms with Gasteiger partial charge in [-0.05, 0) is 31.6 Å². The minimum absolute atomic E-state index is 0.146. The third-order valence-electron chi connectivity index (χ3n) is 2.44. The van der Waals surface area contributed by atoms with E-state index in [-0.39, 0.29) is 5.92 Å². The Hall–Kier alpha value is -1.56. The maximum absolute atomic E-state index is 13.3. The number of amides is 1. The zero-order valence-corrected chi connectivity index (χ0v) is 10.2. The monoisotopic (exact) mass is 260 g/mol. The summed E-state index contributed by atoms with van der Waals surface area (Å²) in [7, 11) is 1.77. The topological polar surface area (TPSA) is 41.1 Å². The van der Waals surface area contributed by atoms with Crippen molar-refractivity contribution in [3.8, 4) is 0 Å². The van der Waals surface area contributed by atoms with Gasteiger partial charge in [-0.2, -0.15) is 0 Å². The molecule has 1 atom stereocenters. The number of nitrogens with one attached hydrogen (secondary N) is 2. The van der Waals surface area contributed by atoms with Crippen LogP contribution in [0.2, 0.25) is 0 Å². The van der Waals surface area contributed by atoms with E-state index in [0.29, 0.717) is 13.1 Å². The van der Waals surface area contributed by atoms with Crippen molar-refractivity contribution in [2.75, 3.05) is 20.1 Å². The van der Waals surface area contributed by atoms with Gasteiger partial charge >= 0.3 is 0 Å². The fourth-order valence-electron chi connectivity index (χ4n) is 1.48. The molecule has 0 saturated carbocycles. The molecule has 18 heavy (non-hydrogen) atoms. The highest BCUT2D eigenvalue weighted by Crippen LogP contribution is 2.14. The van der Waals surface area contributed by atoms with Crippen LogP contribution in [0.25, 0.3) is 0 Å². The average Bonchev–Trinajstić information content (AvgIpc) is 2.34. The summed E-state index contributed by atoms with van der Waals surface area (Å²) in [5.41, 5.74) is -0.495. The van der Waals surface area contributed by atoms with Crippen molar-refractivity contribution in [3.05, 3.63) is 35.1 Å². The lowest BCUT2D eigenvalue weighted by molar-refractivity contribution is 0.0943. The second-order valence-electron chi connectivity index (χ2n) is 4.10. The molecule has 0 aliphatic carbocycles. The standard InChI is InChI=1S/C12H15F3N2O/c1-7(5-16-2)6-17-12(18)8-3-4-9(13)11(15)10(8)14/h3-4,7,16H,5-6H2,1-2H3,(H,17,18). The molecular weight excluding hydrogens is 245 g/mol. The lowest BCUT2D eigenvalue weighted by atomic mass is 10.1. The van der Waals surface area contributed by atoms with E-state index in [9.17, 15) is 18.0 Å². The van der Waals surface area contributed by atoms with Crippen LogP contribution < -0.4 is 10.6 Å². The van der Waals surface area contributed by atoms with E-state index in [0.717, 1.165) is 12.1 Å². The Labute approximate surface area is 103 Å². The van der Waals surface area contributed by atoms with Crippen LogP contribution in [0.3, 0.4) is 0 Å².